The molecule has 0 saturated heterocycles. The van der Waals surface area contributed by atoms with E-state index in [9.17, 15) is 4.39 Å². The summed E-state index contributed by atoms with van der Waals surface area (Å²) in [4.78, 5) is 6.12. The van der Waals surface area contributed by atoms with E-state index in [4.69, 9.17) is 16.6 Å². The molecule has 1 aliphatic rings. The van der Waals surface area contributed by atoms with E-state index < -0.39 is 0 Å². The molecule has 1 aromatic carbocycles. The average Bonchev–Trinajstić information content (AvgIpc) is 2.95. The molecule has 0 saturated carbocycles. The number of halogens is 2. The lowest BCUT2D eigenvalue weighted by atomic mass is 10.1. The molecular weight excluding hydrogens is 295 g/mol. The van der Waals surface area contributed by atoms with Crippen molar-refractivity contribution in [2.45, 2.75) is 32.2 Å². The number of fused-ring (bicyclic) bond motifs is 1. The highest BCUT2D eigenvalue weighted by Crippen LogP contribution is 2.34. The molecule has 2 nitrogen and oxygen atoms in total. The van der Waals surface area contributed by atoms with E-state index in [1.807, 2.05) is 13.0 Å². The molecule has 2 aromatic rings. The van der Waals surface area contributed by atoms with Crippen molar-refractivity contribution in [2.24, 2.45) is 0 Å². The van der Waals surface area contributed by atoms with Crippen LogP contribution in [0, 0.1) is 5.82 Å². The summed E-state index contributed by atoms with van der Waals surface area (Å²) in [7, 11) is 0. The predicted molar refractivity (Wildman–Crippen MR) is 81.1 cm³/mol. The maximum atomic E-state index is 13.6. The number of thiazole rings is 1. The lowest BCUT2D eigenvalue weighted by molar-refractivity contribution is 0.601. The number of rotatable bonds is 4. The van der Waals surface area contributed by atoms with E-state index in [2.05, 4.69) is 5.32 Å². The molecule has 1 atom stereocenters. The van der Waals surface area contributed by atoms with Gasteiger partial charge in [-0.1, -0.05) is 18.5 Å². The summed E-state index contributed by atoms with van der Waals surface area (Å²) in [5.74, 6) is -0.306. The van der Waals surface area contributed by atoms with Crippen LogP contribution >= 0.6 is 22.9 Å². The van der Waals surface area contributed by atoms with Gasteiger partial charge in [0.15, 0.2) is 0 Å². The molecule has 0 amide bonds. The minimum atomic E-state index is -0.306. The Morgan fingerprint density at radius 1 is 1.40 bits per heavy atom. The van der Waals surface area contributed by atoms with Gasteiger partial charge in [-0.25, -0.2) is 9.37 Å². The van der Waals surface area contributed by atoms with Gasteiger partial charge in [-0.05, 0) is 49.6 Å². The molecule has 1 unspecified atom stereocenters. The molecule has 0 aliphatic heterocycles. The first-order chi connectivity index (χ1) is 9.67. The Balaban J connectivity index is 1.98. The first kappa shape index (κ1) is 14.0. The first-order valence-corrected chi connectivity index (χ1v) is 8.04. The highest BCUT2D eigenvalue weighted by molar-refractivity contribution is 7.11. The monoisotopic (exact) mass is 310 g/mol. The van der Waals surface area contributed by atoms with Crippen molar-refractivity contribution >= 4 is 22.9 Å². The molecule has 20 heavy (non-hydrogen) atoms. The third kappa shape index (κ3) is 2.73. The van der Waals surface area contributed by atoms with Gasteiger partial charge in [0, 0.05) is 9.90 Å². The lowest BCUT2D eigenvalue weighted by Gasteiger charge is -2.16. The summed E-state index contributed by atoms with van der Waals surface area (Å²) in [6.45, 7) is 2.83. The van der Waals surface area contributed by atoms with E-state index >= 15 is 0 Å². The second-order valence-electron chi connectivity index (χ2n) is 4.97. The maximum Gasteiger partial charge on any atom is 0.125 e. The van der Waals surface area contributed by atoms with Crippen molar-refractivity contribution in [1.82, 2.24) is 10.3 Å². The smallest absolute Gasteiger partial charge is 0.125 e. The Bertz CT molecular complexity index is 585. The van der Waals surface area contributed by atoms with Crippen LogP contribution in [-0.4, -0.2) is 11.5 Å². The van der Waals surface area contributed by atoms with Gasteiger partial charge >= 0.3 is 0 Å². The highest BCUT2D eigenvalue weighted by Gasteiger charge is 2.23. The van der Waals surface area contributed by atoms with Crippen molar-refractivity contribution in [3.63, 3.8) is 0 Å². The zero-order valence-corrected chi connectivity index (χ0v) is 12.8. The number of benzene rings is 1. The number of nitrogens with one attached hydrogen (secondary N) is 1. The summed E-state index contributed by atoms with van der Waals surface area (Å²) < 4.78 is 13.6. The Labute approximate surface area is 127 Å². The molecule has 1 heterocycles. The van der Waals surface area contributed by atoms with Crippen LogP contribution in [0.3, 0.4) is 0 Å². The number of hydrogen-bond donors (Lipinski definition) is 1. The van der Waals surface area contributed by atoms with Gasteiger partial charge in [-0.15, -0.1) is 11.3 Å². The zero-order valence-electron chi connectivity index (χ0n) is 11.2. The Morgan fingerprint density at radius 3 is 2.95 bits per heavy atom. The number of aryl methyl sites for hydroxylation is 2. The molecule has 5 heteroatoms. The number of hydrogen-bond acceptors (Lipinski definition) is 3. The standard InChI is InChI=1S/C15H16ClFN2S/c1-2-18-14(9-6-10(16)8-11(17)7-9)15-19-12-4-3-5-13(12)20-15/h6-8,14,18H,2-5H2,1H3. The normalized spacial score (nSPS) is 15.3. The van der Waals surface area contributed by atoms with Gasteiger partial charge < -0.3 is 5.32 Å². The summed E-state index contributed by atoms with van der Waals surface area (Å²) in [6.07, 6.45) is 3.39. The second-order valence-corrected chi connectivity index (χ2v) is 6.52. The number of aromatic nitrogens is 1. The molecule has 1 N–H and O–H groups in total. The Morgan fingerprint density at radius 2 is 2.25 bits per heavy atom. The van der Waals surface area contributed by atoms with Crippen LogP contribution in [0.15, 0.2) is 18.2 Å². The second kappa shape index (κ2) is 5.80. The maximum absolute atomic E-state index is 13.6. The van der Waals surface area contributed by atoms with Crippen LogP contribution in [-0.2, 0) is 12.8 Å². The van der Waals surface area contributed by atoms with Gasteiger partial charge in [0.2, 0.25) is 0 Å². The molecular formula is C15H16ClFN2S. The zero-order chi connectivity index (χ0) is 14.1. The molecule has 1 aromatic heterocycles. The van der Waals surface area contributed by atoms with E-state index in [-0.39, 0.29) is 11.9 Å². The summed E-state index contributed by atoms with van der Waals surface area (Å²) >= 11 is 7.71. The fourth-order valence-electron chi connectivity index (χ4n) is 2.63. The molecule has 0 fully saturated rings. The van der Waals surface area contributed by atoms with Crippen LogP contribution in [0.4, 0.5) is 4.39 Å². The van der Waals surface area contributed by atoms with Crippen molar-refractivity contribution in [2.75, 3.05) is 6.54 Å². The largest absolute Gasteiger partial charge is 0.305 e. The molecule has 0 bridgehead atoms. The van der Waals surface area contributed by atoms with Gasteiger partial charge in [-0.3, -0.25) is 0 Å². The average molecular weight is 311 g/mol. The van der Waals surface area contributed by atoms with Gasteiger partial charge in [0.1, 0.15) is 10.8 Å². The van der Waals surface area contributed by atoms with Gasteiger partial charge in [0.05, 0.1) is 11.7 Å². The molecule has 106 valence electrons. The number of nitrogens with zero attached hydrogens (tertiary/aromatic N) is 1. The topological polar surface area (TPSA) is 24.9 Å². The molecule has 0 spiro atoms. The summed E-state index contributed by atoms with van der Waals surface area (Å²) in [6, 6.07) is 4.59. The summed E-state index contributed by atoms with van der Waals surface area (Å²) in [5.41, 5.74) is 2.06. The molecule has 3 rings (SSSR count). The van der Waals surface area contributed by atoms with E-state index in [1.165, 1.54) is 29.1 Å². The van der Waals surface area contributed by atoms with Crippen molar-refractivity contribution in [3.05, 3.63) is 50.2 Å². The van der Waals surface area contributed by atoms with Gasteiger partial charge in [-0.2, -0.15) is 0 Å². The lowest BCUT2D eigenvalue weighted by Crippen LogP contribution is -2.22. The van der Waals surface area contributed by atoms with E-state index in [0.717, 1.165) is 30.0 Å². The van der Waals surface area contributed by atoms with Crippen molar-refractivity contribution in [1.29, 1.82) is 0 Å². The fourth-order valence-corrected chi connectivity index (χ4v) is 4.12. The SMILES string of the molecule is CCNC(c1cc(F)cc(Cl)c1)c1nc2c(s1)CCC2. The minimum absolute atomic E-state index is 0.0798. The first-order valence-electron chi connectivity index (χ1n) is 6.85. The van der Waals surface area contributed by atoms with Crippen LogP contribution in [0.1, 0.15) is 40.5 Å². The van der Waals surface area contributed by atoms with Crippen LogP contribution in [0.5, 0.6) is 0 Å². The van der Waals surface area contributed by atoms with Crippen molar-refractivity contribution in [3.8, 4) is 0 Å². The Hall–Kier alpha value is -0.970. The van der Waals surface area contributed by atoms with Crippen LogP contribution in [0.2, 0.25) is 5.02 Å². The van der Waals surface area contributed by atoms with Gasteiger partial charge in [0.25, 0.3) is 0 Å². The predicted octanol–water partition coefficient (Wildman–Crippen LogP) is 4.12. The minimum Gasteiger partial charge on any atom is -0.305 e. The van der Waals surface area contributed by atoms with Crippen molar-refractivity contribution < 1.29 is 4.39 Å². The van der Waals surface area contributed by atoms with E-state index in [0.29, 0.717) is 5.02 Å². The Kier molecular flexibility index (Phi) is 4.06. The quantitative estimate of drug-likeness (QED) is 0.918. The molecule has 0 radical (unpaired) electrons. The van der Waals surface area contributed by atoms with Crippen LogP contribution < -0.4 is 5.32 Å². The summed E-state index contributed by atoms with van der Waals surface area (Å²) in [5, 5.41) is 4.82. The fraction of sp³-hybridized carbons (Fsp3) is 0.400. The third-order valence-corrected chi connectivity index (χ3v) is 4.93. The van der Waals surface area contributed by atoms with Crippen LogP contribution in [0.25, 0.3) is 0 Å². The third-order valence-electron chi connectivity index (χ3n) is 3.49. The molecule has 1 aliphatic carbocycles. The van der Waals surface area contributed by atoms with E-state index in [1.54, 1.807) is 11.3 Å². The highest BCUT2D eigenvalue weighted by atomic mass is 35.5.